The third-order valence-electron chi connectivity index (χ3n) is 8.40. The Morgan fingerprint density at radius 1 is 0.862 bits per heavy atom. The molecule has 0 aliphatic heterocycles. The number of rotatable bonds is 27. The fourth-order valence-corrected chi connectivity index (χ4v) is 6.16. The fourth-order valence-electron chi connectivity index (χ4n) is 5.46. The number of hydrogen-bond donors (Lipinski definition) is 4. The maximum absolute atomic E-state index is 12.9. The van der Waals surface area contributed by atoms with E-state index in [9.17, 15) is 24.0 Å². The van der Waals surface area contributed by atoms with Gasteiger partial charge >= 0.3 is 6.09 Å². The molecule has 18 nitrogen and oxygen atoms in total. The van der Waals surface area contributed by atoms with Crippen molar-refractivity contribution in [3.8, 4) is 0 Å². The molecule has 320 valence electrons. The molecular weight excluding hydrogens is 775 g/mol. The molecule has 0 spiro atoms. The first-order valence-corrected chi connectivity index (χ1v) is 20.5. The molecule has 0 aliphatic rings. The van der Waals surface area contributed by atoms with E-state index in [-0.39, 0.29) is 47.9 Å². The van der Waals surface area contributed by atoms with Crippen molar-refractivity contribution in [3.05, 3.63) is 52.0 Å². The minimum absolute atomic E-state index is 0.0222. The molecule has 0 saturated carbocycles. The monoisotopic (exact) mass is 831 g/mol. The van der Waals surface area contributed by atoms with Crippen molar-refractivity contribution in [2.45, 2.75) is 71.9 Å². The summed E-state index contributed by atoms with van der Waals surface area (Å²) < 4.78 is 35.8. The molecule has 4 aromatic rings. The number of alkyl carbamates (subject to hydrolysis) is 1. The molecule has 3 aromatic heterocycles. The molecule has 4 rings (SSSR count). The molecule has 1 aromatic carbocycles. The molecular formula is C39H57N7O11S. The highest BCUT2D eigenvalue weighted by Gasteiger charge is 2.17. The number of amides is 4. The molecule has 58 heavy (non-hydrogen) atoms. The zero-order valence-corrected chi connectivity index (χ0v) is 34.6. The van der Waals surface area contributed by atoms with Gasteiger partial charge in [0.25, 0.3) is 11.5 Å². The van der Waals surface area contributed by atoms with Gasteiger partial charge in [-0.15, -0.1) is 11.3 Å². The van der Waals surface area contributed by atoms with Gasteiger partial charge in [0.05, 0.1) is 64.8 Å². The van der Waals surface area contributed by atoms with Gasteiger partial charge in [0.1, 0.15) is 11.3 Å². The number of imidazole rings is 1. The number of anilines is 1. The van der Waals surface area contributed by atoms with Crippen LogP contribution in [-0.4, -0.2) is 116 Å². The lowest BCUT2D eigenvalue weighted by molar-refractivity contribution is -0.125. The van der Waals surface area contributed by atoms with Crippen LogP contribution in [0.25, 0.3) is 15.9 Å². The van der Waals surface area contributed by atoms with E-state index in [1.165, 1.54) is 16.1 Å². The molecule has 19 heteroatoms. The van der Waals surface area contributed by atoms with Crippen molar-refractivity contribution in [1.29, 1.82) is 0 Å². The maximum atomic E-state index is 12.9. The molecule has 4 amide bonds. The van der Waals surface area contributed by atoms with E-state index < -0.39 is 11.7 Å². The summed E-state index contributed by atoms with van der Waals surface area (Å²) in [6.07, 6.45) is 5.94. The largest absolute Gasteiger partial charge is 0.444 e. The maximum Gasteiger partial charge on any atom is 0.407 e. The van der Waals surface area contributed by atoms with Crippen LogP contribution >= 0.6 is 11.3 Å². The van der Waals surface area contributed by atoms with E-state index in [2.05, 4.69) is 26.3 Å². The number of hydrogen-bond acceptors (Lipinski definition) is 13. The number of thiazole rings is 1. The number of nitrogens with one attached hydrogen (secondary N) is 4. The standard InChI is InChI=1S/C39H57N7O11S/c1-28(8-5-6-12-42-38(51)56-39(2,3)4)34(48)41-14-18-53-20-22-55-24-23-54-21-19-52-17-13-40-33(47)9-7-15-46-36(50)30-26-29(10-11-32(30)57-46)43-35(49)31-27-45-16-25-58-37(45)44-31/h10-11,16,25-28H,5-9,12-15,17-24H2,1-4H3,(H,40,47)(H,41,48)(H,42,51)(H,43,49)/t28-/m1/s1. The van der Waals surface area contributed by atoms with Crippen LogP contribution in [0.1, 0.15) is 70.3 Å². The van der Waals surface area contributed by atoms with Crippen LogP contribution in [0.4, 0.5) is 10.5 Å². The van der Waals surface area contributed by atoms with Crippen LogP contribution in [0.2, 0.25) is 0 Å². The zero-order chi connectivity index (χ0) is 41.8. The lowest BCUT2D eigenvalue weighted by Crippen LogP contribution is -2.33. The molecule has 3 heterocycles. The van der Waals surface area contributed by atoms with Crippen LogP contribution in [0.15, 0.2) is 45.3 Å². The minimum Gasteiger partial charge on any atom is -0.444 e. The van der Waals surface area contributed by atoms with E-state index in [1.807, 2.05) is 39.3 Å². The van der Waals surface area contributed by atoms with Gasteiger partial charge in [-0.3, -0.25) is 23.6 Å². The number of fused-ring (bicyclic) bond motifs is 2. The Bertz CT molecular complexity index is 1920. The number of nitrogens with zero attached hydrogens (tertiary/aromatic N) is 3. The summed E-state index contributed by atoms with van der Waals surface area (Å²) in [5.74, 6) is -0.697. The lowest BCUT2D eigenvalue weighted by Gasteiger charge is -2.19. The second-order valence-corrected chi connectivity index (χ2v) is 15.3. The highest BCUT2D eigenvalue weighted by atomic mass is 32.1. The van der Waals surface area contributed by atoms with Gasteiger partial charge in [-0.25, -0.2) is 9.78 Å². The van der Waals surface area contributed by atoms with E-state index in [4.69, 9.17) is 28.2 Å². The number of carbonyl (C=O) groups is 4. The average molecular weight is 832 g/mol. The number of benzene rings is 1. The average Bonchev–Trinajstić information content (AvgIpc) is 3.88. The number of ether oxygens (including phenoxy) is 5. The van der Waals surface area contributed by atoms with Gasteiger partial charge in [-0.05, 0) is 58.2 Å². The summed E-state index contributed by atoms with van der Waals surface area (Å²) in [4.78, 5) is 66.7. The van der Waals surface area contributed by atoms with Crippen LogP contribution < -0.4 is 26.8 Å². The minimum atomic E-state index is -0.525. The summed E-state index contributed by atoms with van der Waals surface area (Å²) >= 11 is 1.42. The summed E-state index contributed by atoms with van der Waals surface area (Å²) in [6, 6.07) is 4.84. The van der Waals surface area contributed by atoms with Crippen molar-refractivity contribution < 1.29 is 47.4 Å². The number of unbranched alkanes of at least 4 members (excludes halogenated alkanes) is 1. The lowest BCUT2D eigenvalue weighted by atomic mass is 10.0. The molecule has 0 aliphatic carbocycles. The van der Waals surface area contributed by atoms with Gasteiger partial charge in [-0.2, -0.15) is 4.74 Å². The first-order chi connectivity index (χ1) is 27.9. The molecule has 0 unspecified atom stereocenters. The SMILES string of the molecule is C[C@H](CCCCNC(=O)OC(C)(C)C)C(=O)NCCOCCOCCOCCOCCNC(=O)CCCn1oc2ccc(NC(=O)c3cn4ccsc4n3)cc2c1=O. The van der Waals surface area contributed by atoms with E-state index in [1.54, 1.807) is 28.8 Å². The molecule has 0 bridgehead atoms. The Hall–Kier alpha value is -4.82. The predicted octanol–water partition coefficient (Wildman–Crippen LogP) is 3.97. The second-order valence-electron chi connectivity index (χ2n) is 14.4. The first kappa shape index (κ1) is 45.9. The Labute approximate surface area is 341 Å². The van der Waals surface area contributed by atoms with E-state index >= 15 is 0 Å². The second kappa shape index (κ2) is 24.2. The zero-order valence-electron chi connectivity index (χ0n) is 33.8. The van der Waals surface area contributed by atoms with E-state index in [0.717, 1.165) is 19.3 Å². The first-order valence-electron chi connectivity index (χ1n) is 19.6. The van der Waals surface area contributed by atoms with Crippen LogP contribution in [-0.2, 0) is 39.8 Å². The van der Waals surface area contributed by atoms with Gasteiger partial charge in [0.2, 0.25) is 11.8 Å². The van der Waals surface area contributed by atoms with Gasteiger partial charge < -0.3 is 49.5 Å². The fraction of sp³-hybridized carbons (Fsp3) is 0.590. The Balaban J connectivity index is 0.911. The summed E-state index contributed by atoms with van der Waals surface area (Å²) in [5.41, 5.74) is 0.227. The van der Waals surface area contributed by atoms with Gasteiger partial charge in [-0.1, -0.05) is 13.3 Å². The smallest absolute Gasteiger partial charge is 0.407 e. The van der Waals surface area contributed by atoms with Crippen molar-refractivity contribution in [2.75, 3.05) is 77.8 Å². The quantitative estimate of drug-likeness (QED) is 0.0629. The van der Waals surface area contributed by atoms with Crippen molar-refractivity contribution in [1.82, 2.24) is 30.1 Å². The van der Waals surface area contributed by atoms with Crippen molar-refractivity contribution >= 4 is 56.8 Å². The Kier molecular flexibility index (Phi) is 19.1. The Morgan fingerprint density at radius 2 is 1.53 bits per heavy atom. The number of aryl methyl sites for hydroxylation is 1. The van der Waals surface area contributed by atoms with Crippen molar-refractivity contribution in [3.63, 3.8) is 0 Å². The third-order valence-corrected chi connectivity index (χ3v) is 9.17. The summed E-state index contributed by atoms with van der Waals surface area (Å²) in [7, 11) is 0. The molecule has 0 fully saturated rings. The number of carbonyl (C=O) groups excluding carboxylic acids is 4. The number of aromatic nitrogens is 3. The highest BCUT2D eigenvalue weighted by Crippen LogP contribution is 2.19. The van der Waals surface area contributed by atoms with Gasteiger partial charge in [0.15, 0.2) is 10.5 Å². The Morgan fingerprint density at radius 3 is 2.21 bits per heavy atom. The molecule has 0 radical (unpaired) electrons. The van der Waals surface area contributed by atoms with Crippen LogP contribution in [0.5, 0.6) is 0 Å². The third kappa shape index (κ3) is 16.6. The summed E-state index contributed by atoms with van der Waals surface area (Å²) in [6.45, 7) is 11.9. The van der Waals surface area contributed by atoms with Gasteiger partial charge in [0, 0.05) is 55.4 Å². The predicted molar refractivity (Wildman–Crippen MR) is 217 cm³/mol. The van der Waals surface area contributed by atoms with Crippen LogP contribution in [0, 0.1) is 5.92 Å². The molecule has 0 saturated heterocycles. The molecule has 4 N–H and O–H groups in total. The van der Waals surface area contributed by atoms with Crippen LogP contribution in [0.3, 0.4) is 0 Å². The molecule has 1 atom stereocenters. The summed E-state index contributed by atoms with van der Waals surface area (Å²) in [5, 5.41) is 13.4. The van der Waals surface area contributed by atoms with E-state index in [0.29, 0.717) is 101 Å². The normalized spacial score (nSPS) is 12.1. The highest BCUT2D eigenvalue weighted by molar-refractivity contribution is 7.15. The van der Waals surface area contributed by atoms with Crippen molar-refractivity contribution in [2.24, 2.45) is 5.92 Å². The topological polar surface area (TPSA) is 215 Å².